The van der Waals surface area contributed by atoms with Crippen molar-refractivity contribution in [1.82, 2.24) is 19.4 Å². The quantitative estimate of drug-likeness (QED) is 0.658. The first-order valence-electron chi connectivity index (χ1n) is 10.8. The monoisotopic (exact) mass is 480 g/mol. The van der Waals surface area contributed by atoms with Crippen molar-refractivity contribution < 1.29 is 26.7 Å². The van der Waals surface area contributed by atoms with Gasteiger partial charge in [0, 0.05) is 32.9 Å². The minimum Gasteiger partial charge on any atom is -0.435 e. The maximum Gasteiger partial charge on any atom is 0.387 e. The SMILES string of the molecule is Cn1cc(C(=O)NCC2CCN(S(=O)(=O)C3=Cc4ccc(OC(F)F)cc4CC3)CC2)cn1. The molecule has 4 rings (SSSR count). The minimum absolute atomic E-state index is 0.0705. The second-order valence-electron chi connectivity index (χ2n) is 8.31. The van der Waals surface area contributed by atoms with E-state index >= 15 is 0 Å². The first kappa shape index (κ1) is 23.4. The second-order valence-corrected chi connectivity index (χ2v) is 10.3. The smallest absolute Gasteiger partial charge is 0.387 e. The summed E-state index contributed by atoms with van der Waals surface area (Å²) < 4.78 is 58.7. The van der Waals surface area contributed by atoms with Crippen molar-refractivity contribution in [2.24, 2.45) is 13.0 Å². The van der Waals surface area contributed by atoms with Crippen LogP contribution in [0.5, 0.6) is 5.75 Å². The number of piperidine rings is 1. The Kier molecular flexibility index (Phi) is 6.80. The van der Waals surface area contributed by atoms with Crippen LogP contribution in [0.1, 0.15) is 40.7 Å². The van der Waals surface area contributed by atoms with E-state index in [9.17, 15) is 22.0 Å². The first-order chi connectivity index (χ1) is 15.7. The molecule has 2 aromatic rings. The summed E-state index contributed by atoms with van der Waals surface area (Å²) in [6.07, 6.45) is 6.85. The lowest BCUT2D eigenvalue weighted by atomic mass is 9.97. The number of amides is 1. The van der Waals surface area contributed by atoms with Gasteiger partial charge in [0.25, 0.3) is 5.91 Å². The van der Waals surface area contributed by atoms with Crippen molar-refractivity contribution in [1.29, 1.82) is 0 Å². The third kappa shape index (κ3) is 5.41. The number of aromatic nitrogens is 2. The maximum atomic E-state index is 13.2. The van der Waals surface area contributed by atoms with Crippen molar-refractivity contribution in [3.05, 3.63) is 52.2 Å². The standard InChI is InChI=1S/C22H26F2N4O4S/c1-27-14-18(13-26-27)21(29)25-12-15-6-8-28(9-7-15)33(30,31)20-5-3-16-10-19(32-22(23)24)4-2-17(16)11-20/h2,4,10-11,13-15,22H,3,5-9,12H2,1H3,(H,25,29). The topological polar surface area (TPSA) is 93.5 Å². The predicted octanol–water partition coefficient (Wildman–Crippen LogP) is 2.78. The van der Waals surface area contributed by atoms with E-state index in [1.54, 1.807) is 30.1 Å². The molecule has 0 radical (unpaired) electrons. The van der Waals surface area contributed by atoms with Gasteiger partial charge >= 0.3 is 6.61 Å². The van der Waals surface area contributed by atoms with Gasteiger partial charge < -0.3 is 10.1 Å². The van der Waals surface area contributed by atoms with Crippen LogP contribution < -0.4 is 10.1 Å². The van der Waals surface area contributed by atoms with Gasteiger partial charge in [-0.15, -0.1) is 0 Å². The summed E-state index contributed by atoms with van der Waals surface area (Å²) in [5, 5.41) is 6.88. The molecular weight excluding hydrogens is 454 g/mol. The number of carbonyl (C=O) groups is 1. The zero-order valence-electron chi connectivity index (χ0n) is 18.2. The Morgan fingerprint density at radius 2 is 2.03 bits per heavy atom. The van der Waals surface area contributed by atoms with Crippen LogP contribution in [0.15, 0.2) is 35.5 Å². The van der Waals surface area contributed by atoms with Crippen molar-refractivity contribution in [3.8, 4) is 5.75 Å². The van der Waals surface area contributed by atoms with Crippen LogP contribution in [0.2, 0.25) is 0 Å². The highest BCUT2D eigenvalue weighted by Crippen LogP contribution is 2.33. The van der Waals surface area contributed by atoms with E-state index in [2.05, 4.69) is 15.2 Å². The molecule has 1 fully saturated rings. The summed E-state index contributed by atoms with van der Waals surface area (Å²) in [6.45, 7) is -1.63. The molecule has 33 heavy (non-hydrogen) atoms. The van der Waals surface area contributed by atoms with Crippen molar-refractivity contribution in [3.63, 3.8) is 0 Å². The number of ether oxygens (including phenoxy) is 1. The van der Waals surface area contributed by atoms with Gasteiger partial charge in [0.05, 0.1) is 16.7 Å². The van der Waals surface area contributed by atoms with Crippen molar-refractivity contribution in [2.45, 2.75) is 32.3 Å². The zero-order valence-corrected chi connectivity index (χ0v) is 19.0. The number of nitrogens with zero attached hydrogens (tertiary/aromatic N) is 3. The van der Waals surface area contributed by atoms with Crippen LogP contribution in [0.3, 0.4) is 0 Å². The third-order valence-corrected chi connectivity index (χ3v) is 8.09. The van der Waals surface area contributed by atoms with Crippen molar-refractivity contribution >= 4 is 22.0 Å². The molecule has 2 heterocycles. The number of benzene rings is 1. The highest BCUT2D eigenvalue weighted by atomic mass is 32.2. The van der Waals surface area contributed by atoms with Crippen LogP contribution >= 0.6 is 0 Å². The molecule has 8 nitrogen and oxygen atoms in total. The summed E-state index contributed by atoms with van der Waals surface area (Å²) in [6, 6.07) is 4.56. The number of alkyl halides is 2. The maximum absolute atomic E-state index is 13.2. The largest absolute Gasteiger partial charge is 0.435 e. The Bertz CT molecular complexity index is 1150. The summed E-state index contributed by atoms with van der Waals surface area (Å²) in [5.74, 6) is 0.0822. The Morgan fingerprint density at radius 3 is 2.70 bits per heavy atom. The van der Waals surface area contributed by atoms with E-state index < -0.39 is 16.6 Å². The Labute approximate surface area is 191 Å². The number of hydrogen-bond donors (Lipinski definition) is 1. The molecule has 11 heteroatoms. The Hall–Kier alpha value is -2.79. The van der Waals surface area contributed by atoms with Crippen LogP contribution in [-0.2, 0) is 23.5 Å². The summed E-state index contributed by atoms with van der Waals surface area (Å²) in [5.41, 5.74) is 1.99. The molecule has 0 bridgehead atoms. The molecule has 178 valence electrons. The average Bonchev–Trinajstić information content (AvgIpc) is 3.23. The van der Waals surface area contributed by atoms with E-state index in [0.717, 1.165) is 5.56 Å². The number of halogens is 2. The molecule has 1 aromatic carbocycles. The number of hydrogen-bond acceptors (Lipinski definition) is 5. The van der Waals surface area contributed by atoms with E-state index in [1.165, 1.54) is 22.6 Å². The Balaban J connectivity index is 1.34. The molecule has 1 aromatic heterocycles. The second kappa shape index (κ2) is 9.60. The predicted molar refractivity (Wildman–Crippen MR) is 118 cm³/mol. The van der Waals surface area contributed by atoms with Gasteiger partial charge in [-0.25, -0.2) is 8.42 Å². The fourth-order valence-corrected chi connectivity index (χ4v) is 5.88. The van der Waals surface area contributed by atoms with E-state index in [-0.39, 0.29) is 17.6 Å². The third-order valence-electron chi connectivity index (χ3n) is 6.06. The molecule has 1 amide bonds. The fraction of sp³-hybridized carbons (Fsp3) is 0.455. The molecule has 2 aliphatic rings. The van der Waals surface area contributed by atoms with Crippen LogP contribution in [0.25, 0.3) is 6.08 Å². The zero-order chi connectivity index (χ0) is 23.6. The van der Waals surface area contributed by atoms with Gasteiger partial charge in [0.2, 0.25) is 10.0 Å². The number of aryl methyl sites for hydroxylation is 2. The van der Waals surface area contributed by atoms with Gasteiger partial charge in [0.15, 0.2) is 0 Å². The highest BCUT2D eigenvalue weighted by Gasteiger charge is 2.32. The lowest BCUT2D eigenvalue weighted by Crippen LogP contribution is -2.42. The summed E-state index contributed by atoms with van der Waals surface area (Å²) >= 11 is 0. The van der Waals surface area contributed by atoms with Gasteiger partial charge in [-0.05, 0) is 60.9 Å². The van der Waals surface area contributed by atoms with Gasteiger partial charge in [0.1, 0.15) is 5.75 Å². The molecule has 0 atom stereocenters. The van der Waals surface area contributed by atoms with Crippen LogP contribution in [0.4, 0.5) is 8.78 Å². The Morgan fingerprint density at radius 1 is 1.27 bits per heavy atom. The number of nitrogens with one attached hydrogen (secondary N) is 1. The molecule has 1 saturated heterocycles. The van der Waals surface area contributed by atoms with E-state index in [1.807, 2.05) is 0 Å². The lowest BCUT2D eigenvalue weighted by Gasteiger charge is -2.32. The number of carbonyl (C=O) groups excluding carboxylic acids is 1. The number of allylic oxidation sites excluding steroid dienone is 1. The minimum atomic E-state index is -3.61. The summed E-state index contributed by atoms with van der Waals surface area (Å²) in [4.78, 5) is 12.5. The van der Waals surface area contributed by atoms with Crippen LogP contribution in [-0.4, -0.2) is 54.7 Å². The molecule has 0 unspecified atom stereocenters. The fourth-order valence-electron chi connectivity index (χ4n) is 4.22. The number of sulfonamides is 1. The molecule has 0 saturated carbocycles. The highest BCUT2D eigenvalue weighted by molar-refractivity contribution is 7.93. The first-order valence-corrected chi connectivity index (χ1v) is 12.2. The van der Waals surface area contributed by atoms with Crippen LogP contribution in [0, 0.1) is 5.92 Å². The van der Waals surface area contributed by atoms with Crippen molar-refractivity contribution in [2.75, 3.05) is 19.6 Å². The summed E-state index contributed by atoms with van der Waals surface area (Å²) in [7, 11) is -1.86. The van der Waals surface area contributed by atoms with Gasteiger partial charge in [-0.1, -0.05) is 6.07 Å². The molecular formula is C22H26F2N4O4S. The number of rotatable bonds is 7. The molecule has 1 aliphatic carbocycles. The molecule has 1 aliphatic heterocycles. The van der Waals surface area contributed by atoms with E-state index in [0.29, 0.717) is 61.3 Å². The van der Waals surface area contributed by atoms with Gasteiger partial charge in [-0.2, -0.15) is 18.2 Å². The lowest BCUT2D eigenvalue weighted by molar-refractivity contribution is -0.0498. The molecule has 0 spiro atoms. The van der Waals surface area contributed by atoms with Gasteiger partial charge in [-0.3, -0.25) is 9.48 Å². The normalized spacial score (nSPS) is 17.5. The average molecular weight is 481 g/mol. The molecule has 1 N–H and O–H groups in total. The van der Waals surface area contributed by atoms with E-state index in [4.69, 9.17) is 0 Å². The number of fused-ring (bicyclic) bond motifs is 1.